The van der Waals surface area contributed by atoms with Crippen molar-refractivity contribution in [2.45, 2.75) is 6.42 Å². The maximum atomic E-state index is 13.0. The molecule has 1 saturated heterocycles. The Morgan fingerprint density at radius 2 is 1.71 bits per heavy atom. The van der Waals surface area contributed by atoms with Crippen LogP contribution in [-0.4, -0.2) is 43.4 Å². The fourth-order valence-corrected chi connectivity index (χ4v) is 5.42. The van der Waals surface area contributed by atoms with Gasteiger partial charge in [0.2, 0.25) is 17.7 Å². The summed E-state index contributed by atoms with van der Waals surface area (Å²) in [5.41, 5.74) is 0.436. The van der Waals surface area contributed by atoms with Gasteiger partial charge >= 0.3 is 0 Å². The van der Waals surface area contributed by atoms with Crippen LogP contribution in [0.25, 0.3) is 0 Å². The van der Waals surface area contributed by atoms with Gasteiger partial charge in [0.1, 0.15) is 18.0 Å². The van der Waals surface area contributed by atoms with Crippen molar-refractivity contribution >= 4 is 23.4 Å². The largest absolute Gasteiger partial charge is 0.497 e. The van der Waals surface area contributed by atoms with Gasteiger partial charge in [0, 0.05) is 6.07 Å². The van der Waals surface area contributed by atoms with Crippen molar-refractivity contribution in [1.82, 2.24) is 4.90 Å². The van der Waals surface area contributed by atoms with Crippen LogP contribution in [0.3, 0.4) is 0 Å². The summed E-state index contributed by atoms with van der Waals surface area (Å²) < 4.78 is 10.4. The van der Waals surface area contributed by atoms with Crippen LogP contribution in [0.15, 0.2) is 30.4 Å². The third kappa shape index (κ3) is 2.38. The Morgan fingerprint density at radius 3 is 2.29 bits per heavy atom. The summed E-state index contributed by atoms with van der Waals surface area (Å²) in [4.78, 5) is 39.7. The van der Waals surface area contributed by atoms with Gasteiger partial charge in [0.15, 0.2) is 0 Å². The van der Waals surface area contributed by atoms with E-state index in [2.05, 4.69) is 17.5 Å². The summed E-state index contributed by atoms with van der Waals surface area (Å²) in [5.74, 6) is 1.03. The number of hydrogen-bond acceptors (Lipinski definition) is 5. The molecule has 7 nitrogen and oxygen atoms in total. The lowest BCUT2D eigenvalue weighted by atomic mass is 9.63. The highest BCUT2D eigenvalue weighted by Gasteiger charge is 2.67. The second-order valence-electron chi connectivity index (χ2n) is 8.03. The van der Waals surface area contributed by atoms with E-state index < -0.39 is 5.91 Å². The van der Waals surface area contributed by atoms with Crippen molar-refractivity contribution < 1.29 is 23.9 Å². The number of rotatable bonds is 5. The molecule has 3 fully saturated rings. The minimum Gasteiger partial charge on any atom is -0.497 e. The molecule has 3 amide bonds. The number of nitrogens with zero attached hydrogens (tertiary/aromatic N) is 1. The van der Waals surface area contributed by atoms with Gasteiger partial charge in [-0.25, -0.2) is 0 Å². The van der Waals surface area contributed by atoms with E-state index in [1.165, 1.54) is 14.2 Å². The van der Waals surface area contributed by atoms with Crippen LogP contribution in [0.2, 0.25) is 0 Å². The molecule has 7 heteroatoms. The Bertz CT molecular complexity index is 874. The van der Waals surface area contributed by atoms with E-state index in [1.807, 2.05) is 0 Å². The summed E-state index contributed by atoms with van der Waals surface area (Å²) in [7, 11) is 3.04. The average molecular weight is 382 g/mol. The van der Waals surface area contributed by atoms with Crippen molar-refractivity contribution in [2.24, 2.45) is 35.5 Å². The number of benzene rings is 1. The van der Waals surface area contributed by atoms with Gasteiger partial charge < -0.3 is 14.8 Å². The monoisotopic (exact) mass is 382 g/mol. The number of nitrogens with one attached hydrogen (secondary N) is 1. The van der Waals surface area contributed by atoms with Gasteiger partial charge in [-0.2, -0.15) is 0 Å². The normalized spacial score (nSPS) is 34.1. The molecule has 0 unspecified atom stereocenters. The van der Waals surface area contributed by atoms with Gasteiger partial charge in [-0.1, -0.05) is 12.2 Å². The number of carbonyl (C=O) groups excluding carboxylic acids is 3. The first-order valence-corrected chi connectivity index (χ1v) is 9.59. The van der Waals surface area contributed by atoms with E-state index in [0.29, 0.717) is 29.0 Å². The van der Waals surface area contributed by atoms with Crippen molar-refractivity contribution in [2.75, 3.05) is 26.1 Å². The lowest BCUT2D eigenvalue weighted by molar-refractivity contribution is -0.142. The SMILES string of the molecule is COc1ccc(OC)c(NC(=O)CN2C(=O)[C@@H]3[C@@H]4C=C[C@H]([C@H]5C[C@H]45)[C@H]3C2=O)c1. The summed E-state index contributed by atoms with van der Waals surface area (Å²) in [6.45, 7) is -0.278. The predicted octanol–water partition coefficient (Wildman–Crippen LogP) is 1.70. The number of allylic oxidation sites excluding steroid dienone is 2. The standard InChI is InChI=1S/C21H22N2O5/c1-27-10-3-6-16(28-2)15(7-10)22-17(24)9-23-20(25)18-11-4-5-12(14-8-13(11)14)19(18)21(23)26/h3-7,11-14,18-19H,8-9H2,1-2H3,(H,22,24)/t11-,12-,13-,14-,18-,19-/m1/s1. The average Bonchev–Trinajstić information content (AvgIpc) is 3.49. The fraction of sp³-hybridized carbons (Fsp3) is 0.476. The van der Waals surface area contributed by atoms with Crippen LogP contribution >= 0.6 is 0 Å². The van der Waals surface area contributed by atoms with Crippen molar-refractivity contribution in [1.29, 1.82) is 0 Å². The molecule has 28 heavy (non-hydrogen) atoms. The molecule has 1 N–H and O–H groups in total. The van der Waals surface area contributed by atoms with E-state index in [0.717, 1.165) is 11.3 Å². The third-order valence-electron chi connectivity index (χ3n) is 6.74. The molecule has 1 aromatic carbocycles. The first-order chi connectivity index (χ1) is 13.5. The van der Waals surface area contributed by atoms with Crippen LogP contribution in [0.1, 0.15) is 6.42 Å². The highest BCUT2D eigenvalue weighted by Crippen LogP contribution is 2.65. The molecule has 0 radical (unpaired) electrons. The van der Waals surface area contributed by atoms with E-state index in [9.17, 15) is 14.4 Å². The first-order valence-electron chi connectivity index (χ1n) is 9.59. The Labute approximate surface area is 162 Å². The third-order valence-corrected chi connectivity index (χ3v) is 6.74. The summed E-state index contributed by atoms with van der Waals surface area (Å²) in [5, 5.41) is 2.74. The first kappa shape index (κ1) is 17.3. The number of ether oxygens (including phenoxy) is 2. The number of methoxy groups -OCH3 is 2. The van der Waals surface area contributed by atoms with Gasteiger partial charge in [0.05, 0.1) is 31.7 Å². The van der Waals surface area contributed by atoms with E-state index in [-0.39, 0.29) is 42.0 Å². The molecule has 1 heterocycles. The van der Waals surface area contributed by atoms with Crippen LogP contribution in [0.5, 0.6) is 11.5 Å². The zero-order valence-corrected chi connectivity index (χ0v) is 15.8. The number of imide groups is 1. The highest BCUT2D eigenvalue weighted by atomic mass is 16.5. The molecule has 1 aromatic rings. The predicted molar refractivity (Wildman–Crippen MR) is 99.6 cm³/mol. The maximum Gasteiger partial charge on any atom is 0.244 e. The minimum atomic E-state index is -0.433. The summed E-state index contributed by atoms with van der Waals surface area (Å²) in [6.07, 6.45) is 5.36. The van der Waals surface area contributed by atoms with Gasteiger partial charge in [-0.3, -0.25) is 19.3 Å². The topological polar surface area (TPSA) is 84.9 Å². The molecule has 4 aliphatic carbocycles. The zero-order valence-electron chi connectivity index (χ0n) is 15.8. The molecule has 5 aliphatic rings. The number of carbonyl (C=O) groups is 3. The van der Waals surface area contributed by atoms with Crippen molar-refractivity contribution in [3.8, 4) is 11.5 Å². The number of likely N-dealkylation sites (tertiary alicyclic amines) is 1. The maximum absolute atomic E-state index is 13.0. The molecule has 146 valence electrons. The Hall–Kier alpha value is -2.83. The molecule has 2 saturated carbocycles. The number of hydrogen-bond donors (Lipinski definition) is 1. The molecule has 1 aliphatic heterocycles. The molecule has 2 bridgehead atoms. The van der Waals surface area contributed by atoms with Gasteiger partial charge in [-0.05, 0) is 42.2 Å². The highest BCUT2D eigenvalue weighted by molar-refractivity contribution is 6.09. The molecule has 0 spiro atoms. The Kier molecular flexibility index (Phi) is 3.76. The molecule has 6 atom stereocenters. The molecular formula is C21H22N2O5. The van der Waals surface area contributed by atoms with E-state index in [1.54, 1.807) is 18.2 Å². The fourth-order valence-electron chi connectivity index (χ4n) is 5.42. The van der Waals surface area contributed by atoms with E-state index in [4.69, 9.17) is 9.47 Å². The summed E-state index contributed by atoms with van der Waals surface area (Å²) in [6, 6.07) is 5.05. The smallest absolute Gasteiger partial charge is 0.244 e. The lowest BCUT2D eigenvalue weighted by Crippen LogP contribution is -2.40. The van der Waals surface area contributed by atoms with Gasteiger partial charge in [0.25, 0.3) is 0 Å². The van der Waals surface area contributed by atoms with Crippen LogP contribution in [0.4, 0.5) is 5.69 Å². The Balaban J connectivity index is 1.33. The van der Waals surface area contributed by atoms with Gasteiger partial charge in [-0.15, -0.1) is 0 Å². The number of amides is 3. The molecule has 6 rings (SSSR count). The second-order valence-corrected chi connectivity index (χ2v) is 8.03. The van der Waals surface area contributed by atoms with Crippen molar-refractivity contribution in [3.05, 3.63) is 30.4 Å². The quantitative estimate of drug-likeness (QED) is 0.619. The lowest BCUT2D eigenvalue weighted by Gasteiger charge is -2.37. The van der Waals surface area contributed by atoms with Crippen molar-refractivity contribution in [3.63, 3.8) is 0 Å². The Morgan fingerprint density at radius 1 is 1.07 bits per heavy atom. The zero-order chi connectivity index (χ0) is 19.6. The van der Waals surface area contributed by atoms with Crippen LogP contribution in [0, 0.1) is 35.5 Å². The number of anilines is 1. The van der Waals surface area contributed by atoms with Crippen LogP contribution < -0.4 is 14.8 Å². The molecule has 0 aromatic heterocycles. The summed E-state index contributed by atoms with van der Waals surface area (Å²) >= 11 is 0. The second kappa shape index (κ2) is 6.09. The van der Waals surface area contributed by atoms with E-state index >= 15 is 0 Å². The minimum absolute atomic E-state index is 0.156. The van der Waals surface area contributed by atoms with Crippen LogP contribution in [-0.2, 0) is 14.4 Å². The molecular weight excluding hydrogens is 360 g/mol.